The minimum Gasteiger partial charge on any atom is -0.418 e. The predicted octanol–water partition coefficient (Wildman–Crippen LogP) is 5.59. The van der Waals surface area contributed by atoms with Crippen LogP contribution in [-0.2, 0) is 11.3 Å². The van der Waals surface area contributed by atoms with Gasteiger partial charge in [-0.3, -0.25) is 4.79 Å². The zero-order valence-corrected chi connectivity index (χ0v) is 18.7. The van der Waals surface area contributed by atoms with Gasteiger partial charge in [-0.1, -0.05) is 36.4 Å². The minimum absolute atomic E-state index is 0.0185. The molecule has 10 heteroatoms. The van der Waals surface area contributed by atoms with E-state index in [1.54, 1.807) is 16.2 Å². The van der Waals surface area contributed by atoms with Crippen molar-refractivity contribution in [3.8, 4) is 10.8 Å². The normalized spacial score (nSPS) is 11.2. The summed E-state index contributed by atoms with van der Waals surface area (Å²) in [6.07, 6.45) is 0.849. The Bertz CT molecular complexity index is 1110. The second-order valence-corrected chi connectivity index (χ2v) is 9.81. The maximum Gasteiger partial charge on any atom is 0.257 e. The highest BCUT2D eigenvalue weighted by atomic mass is 35.5. The number of hydrogen-bond donors (Lipinski definition) is 0. The van der Waals surface area contributed by atoms with E-state index in [9.17, 15) is 4.79 Å². The molecule has 29 heavy (non-hydrogen) atoms. The van der Waals surface area contributed by atoms with Crippen molar-refractivity contribution in [1.82, 2.24) is 20.1 Å². The van der Waals surface area contributed by atoms with E-state index in [4.69, 9.17) is 16.0 Å². The molecule has 0 saturated carbocycles. The Morgan fingerprint density at radius 1 is 1.31 bits per heavy atom. The maximum absolute atomic E-state index is 12.8. The molecule has 3 heterocycles. The zero-order valence-electron chi connectivity index (χ0n) is 15.5. The number of fused-ring (bicyclic) bond motifs is 1. The number of halogens is 1. The largest absolute Gasteiger partial charge is 0.418 e. The van der Waals surface area contributed by atoms with Crippen molar-refractivity contribution < 1.29 is 9.21 Å². The summed E-state index contributed by atoms with van der Waals surface area (Å²) in [7, 11) is 0. The highest BCUT2D eigenvalue weighted by Gasteiger charge is 2.18. The lowest BCUT2D eigenvalue weighted by atomic mass is 10.3. The van der Waals surface area contributed by atoms with Gasteiger partial charge in [0.1, 0.15) is 0 Å². The lowest BCUT2D eigenvalue weighted by molar-refractivity contribution is -0.129. The first kappa shape index (κ1) is 20.3. The van der Waals surface area contributed by atoms with Gasteiger partial charge in [0.2, 0.25) is 11.8 Å². The van der Waals surface area contributed by atoms with Crippen LogP contribution in [0.1, 0.15) is 19.2 Å². The van der Waals surface area contributed by atoms with Crippen molar-refractivity contribution in [3.63, 3.8) is 0 Å². The molecule has 0 radical (unpaired) electrons. The SMILES string of the molecule is CCCN(Cc1nnc(-c2cccs2)o1)C(=O)CSc1nc2cc(Cl)ccc2s1. The molecule has 0 aliphatic rings. The van der Waals surface area contributed by atoms with Crippen LogP contribution in [0, 0.1) is 0 Å². The number of amides is 1. The lowest BCUT2D eigenvalue weighted by Gasteiger charge is -2.19. The number of benzene rings is 1. The quantitative estimate of drug-likeness (QED) is 0.316. The minimum atomic E-state index is 0.0185. The van der Waals surface area contributed by atoms with E-state index < -0.39 is 0 Å². The highest BCUT2D eigenvalue weighted by molar-refractivity contribution is 8.01. The standard InChI is InChI=1S/C19H17ClN4O2S3/c1-2-7-24(10-16-22-23-18(26-16)15-4-3-8-27-15)17(25)11-28-19-21-13-9-12(20)5-6-14(13)29-19/h3-6,8-9H,2,7,10-11H2,1H3. The molecule has 0 saturated heterocycles. The van der Waals surface area contributed by atoms with Crippen molar-refractivity contribution in [2.24, 2.45) is 0 Å². The molecule has 6 nitrogen and oxygen atoms in total. The lowest BCUT2D eigenvalue weighted by Crippen LogP contribution is -2.32. The van der Waals surface area contributed by atoms with Gasteiger partial charge in [0, 0.05) is 11.6 Å². The second kappa shape index (κ2) is 9.25. The molecule has 4 rings (SSSR count). The van der Waals surface area contributed by atoms with E-state index in [1.807, 2.05) is 42.6 Å². The summed E-state index contributed by atoms with van der Waals surface area (Å²) in [5.41, 5.74) is 0.856. The first-order chi connectivity index (χ1) is 14.1. The van der Waals surface area contributed by atoms with Gasteiger partial charge < -0.3 is 9.32 Å². The van der Waals surface area contributed by atoms with Crippen LogP contribution < -0.4 is 0 Å². The monoisotopic (exact) mass is 464 g/mol. The van der Waals surface area contributed by atoms with Crippen LogP contribution in [0.3, 0.4) is 0 Å². The van der Waals surface area contributed by atoms with E-state index in [0.717, 1.165) is 25.9 Å². The summed E-state index contributed by atoms with van der Waals surface area (Å²) in [6.45, 7) is 2.97. The molecule has 0 unspecified atom stereocenters. The Morgan fingerprint density at radius 2 is 2.21 bits per heavy atom. The van der Waals surface area contributed by atoms with Crippen molar-refractivity contribution in [2.75, 3.05) is 12.3 Å². The van der Waals surface area contributed by atoms with E-state index in [-0.39, 0.29) is 5.91 Å². The number of thiazole rings is 1. The average molecular weight is 465 g/mol. The summed E-state index contributed by atoms with van der Waals surface area (Å²) in [5, 5.41) is 10.8. The van der Waals surface area contributed by atoms with Crippen molar-refractivity contribution in [1.29, 1.82) is 0 Å². The van der Waals surface area contributed by atoms with Crippen LogP contribution in [0.25, 0.3) is 21.0 Å². The summed E-state index contributed by atoms with van der Waals surface area (Å²) in [6, 6.07) is 9.50. The van der Waals surface area contributed by atoms with Crippen LogP contribution in [0.2, 0.25) is 5.02 Å². The third kappa shape index (κ3) is 4.98. The van der Waals surface area contributed by atoms with Crippen LogP contribution in [0.5, 0.6) is 0 Å². The molecule has 0 aliphatic heterocycles. The number of thiophene rings is 1. The molecule has 0 fully saturated rings. The highest BCUT2D eigenvalue weighted by Crippen LogP contribution is 2.31. The summed E-state index contributed by atoms with van der Waals surface area (Å²) in [4.78, 5) is 20.0. The number of carbonyl (C=O) groups is 1. The number of rotatable bonds is 8. The van der Waals surface area contributed by atoms with Gasteiger partial charge in [0.25, 0.3) is 5.89 Å². The molecule has 4 aromatic rings. The van der Waals surface area contributed by atoms with Crippen LogP contribution in [-0.4, -0.2) is 38.3 Å². The van der Waals surface area contributed by atoms with Crippen LogP contribution in [0.4, 0.5) is 0 Å². The molecule has 3 aromatic heterocycles. The molecule has 150 valence electrons. The number of hydrogen-bond acceptors (Lipinski definition) is 8. The number of thioether (sulfide) groups is 1. The van der Waals surface area contributed by atoms with Crippen LogP contribution in [0.15, 0.2) is 44.5 Å². The Hall–Kier alpha value is -1.94. The molecule has 0 bridgehead atoms. The van der Waals surface area contributed by atoms with E-state index in [2.05, 4.69) is 15.2 Å². The molecule has 1 amide bonds. The molecule has 0 aliphatic carbocycles. The zero-order chi connectivity index (χ0) is 20.2. The Balaban J connectivity index is 1.40. The van der Waals surface area contributed by atoms with E-state index in [1.165, 1.54) is 23.1 Å². The fraction of sp³-hybridized carbons (Fsp3) is 0.263. The Kier molecular flexibility index (Phi) is 6.49. The molecule has 0 N–H and O–H groups in total. The molecule has 0 spiro atoms. The van der Waals surface area contributed by atoms with Gasteiger partial charge in [-0.05, 0) is 36.1 Å². The van der Waals surface area contributed by atoms with E-state index in [0.29, 0.717) is 35.6 Å². The molecule has 0 atom stereocenters. The molecular weight excluding hydrogens is 448 g/mol. The average Bonchev–Trinajstić information content (AvgIpc) is 3.45. The predicted molar refractivity (Wildman–Crippen MR) is 119 cm³/mol. The van der Waals surface area contributed by atoms with Gasteiger partial charge in [-0.2, -0.15) is 0 Å². The first-order valence-corrected chi connectivity index (χ1v) is 12.0. The van der Waals surface area contributed by atoms with E-state index >= 15 is 0 Å². The third-order valence-electron chi connectivity index (χ3n) is 4.02. The second-order valence-electron chi connectivity index (χ2n) is 6.17. The van der Waals surface area contributed by atoms with Crippen molar-refractivity contribution in [3.05, 3.63) is 46.6 Å². The maximum atomic E-state index is 12.8. The van der Waals surface area contributed by atoms with Gasteiger partial charge in [-0.25, -0.2) is 4.98 Å². The number of carbonyl (C=O) groups excluding carboxylic acids is 1. The third-order valence-corrected chi connectivity index (χ3v) is 7.28. The van der Waals surface area contributed by atoms with Gasteiger partial charge in [0.05, 0.1) is 27.4 Å². The number of aromatic nitrogens is 3. The van der Waals surface area contributed by atoms with Crippen molar-refractivity contribution >= 4 is 62.2 Å². The fourth-order valence-corrected chi connectivity index (χ4v) is 5.46. The smallest absolute Gasteiger partial charge is 0.257 e. The summed E-state index contributed by atoms with van der Waals surface area (Å²) < 4.78 is 7.64. The van der Waals surface area contributed by atoms with Crippen molar-refractivity contribution in [2.45, 2.75) is 24.2 Å². The first-order valence-electron chi connectivity index (χ1n) is 8.95. The topological polar surface area (TPSA) is 72.1 Å². The van der Waals surface area contributed by atoms with Gasteiger partial charge in [0.15, 0.2) is 4.34 Å². The Labute approximate surface area is 184 Å². The van der Waals surface area contributed by atoms with Gasteiger partial charge >= 0.3 is 0 Å². The summed E-state index contributed by atoms with van der Waals surface area (Å²) >= 11 is 10.6. The fourth-order valence-electron chi connectivity index (χ4n) is 2.70. The summed E-state index contributed by atoms with van der Waals surface area (Å²) in [5.74, 6) is 1.25. The molecular formula is C19H17ClN4O2S3. The van der Waals surface area contributed by atoms with Crippen LogP contribution >= 0.6 is 46.0 Å². The van der Waals surface area contributed by atoms with Gasteiger partial charge in [-0.15, -0.1) is 32.9 Å². The Morgan fingerprint density at radius 3 is 3.00 bits per heavy atom. The molecule has 1 aromatic carbocycles. The number of nitrogens with zero attached hydrogens (tertiary/aromatic N) is 4.